The standard InChI is InChI=1S/C18H23N5S2/c1-14-13-25-18(21-14)15(10-19)11-20-12-16(17-4-3-9-24-17)23-7-5-22(2)6-8-23/h3-4,9,11,13,15-16H,5-8,12H2,1-2H3/t15-,16-/m0/s1. The van der Waals surface area contributed by atoms with Gasteiger partial charge in [0, 0.05) is 48.3 Å². The van der Waals surface area contributed by atoms with E-state index in [1.54, 1.807) is 17.6 Å². The van der Waals surface area contributed by atoms with Crippen molar-refractivity contribution in [3.8, 4) is 6.07 Å². The molecule has 7 heteroatoms. The number of aromatic nitrogens is 1. The van der Waals surface area contributed by atoms with Crippen LogP contribution in [-0.2, 0) is 0 Å². The zero-order valence-electron chi connectivity index (χ0n) is 14.6. The summed E-state index contributed by atoms with van der Waals surface area (Å²) in [4.78, 5) is 15.3. The minimum absolute atomic E-state index is 0.294. The topological polar surface area (TPSA) is 55.5 Å². The largest absolute Gasteiger partial charge is 0.304 e. The molecule has 0 spiro atoms. The van der Waals surface area contributed by atoms with Gasteiger partial charge in [0.05, 0.1) is 18.7 Å². The van der Waals surface area contributed by atoms with Gasteiger partial charge in [-0.05, 0) is 25.4 Å². The third kappa shape index (κ3) is 4.73. The van der Waals surface area contributed by atoms with E-state index in [0.29, 0.717) is 12.6 Å². The van der Waals surface area contributed by atoms with E-state index in [-0.39, 0.29) is 5.92 Å². The molecule has 1 fully saturated rings. The Morgan fingerprint density at radius 1 is 1.36 bits per heavy atom. The van der Waals surface area contributed by atoms with Crippen molar-refractivity contribution >= 4 is 28.9 Å². The monoisotopic (exact) mass is 373 g/mol. The smallest absolute Gasteiger partial charge is 0.133 e. The molecule has 1 saturated heterocycles. The molecule has 1 aliphatic rings. The average molecular weight is 374 g/mol. The first-order valence-corrected chi connectivity index (χ1v) is 10.2. The van der Waals surface area contributed by atoms with E-state index in [4.69, 9.17) is 0 Å². The van der Waals surface area contributed by atoms with Crippen molar-refractivity contribution in [1.82, 2.24) is 14.8 Å². The summed E-state index contributed by atoms with van der Waals surface area (Å²) >= 11 is 3.31. The van der Waals surface area contributed by atoms with E-state index < -0.39 is 0 Å². The average Bonchev–Trinajstić information content (AvgIpc) is 3.28. The van der Waals surface area contributed by atoms with Crippen molar-refractivity contribution < 1.29 is 0 Å². The van der Waals surface area contributed by atoms with Crippen LogP contribution in [0.2, 0.25) is 0 Å². The molecule has 3 heterocycles. The summed E-state index contributed by atoms with van der Waals surface area (Å²) in [6.07, 6.45) is 1.77. The first-order valence-electron chi connectivity index (χ1n) is 8.45. The lowest BCUT2D eigenvalue weighted by Crippen LogP contribution is -2.46. The molecule has 2 aromatic rings. The van der Waals surface area contributed by atoms with Crippen LogP contribution in [0.3, 0.4) is 0 Å². The van der Waals surface area contributed by atoms with Crippen LogP contribution in [0.15, 0.2) is 27.9 Å². The Hall–Kier alpha value is -1.59. The number of rotatable bonds is 6. The van der Waals surface area contributed by atoms with Gasteiger partial charge in [-0.3, -0.25) is 9.89 Å². The van der Waals surface area contributed by atoms with Gasteiger partial charge in [0.2, 0.25) is 0 Å². The van der Waals surface area contributed by atoms with Gasteiger partial charge in [0.15, 0.2) is 0 Å². The SMILES string of the molecule is Cc1csc([C@@H](C#N)C=NC[C@@H](c2cccs2)N2CCN(C)CC2)n1. The molecular weight excluding hydrogens is 350 g/mol. The van der Waals surface area contributed by atoms with E-state index >= 15 is 0 Å². The van der Waals surface area contributed by atoms with Crippen molar-refractivity contribution in [3.63, 3.8) is 0 Å². The number of thiophene rings is 1. The van der Waals surface area contributed by atoms with Gasteiger partial charge in [-0.25, -0.2) is 4.98 Å². The predicted molar refractivity (Wildman–Crippen MR) is 105 cm³/mol. The Morgan fingerprint density at radius 2 is 2.16 bits per heavy atom. The molecule has 0 amide bonds. The molecule has 25 heavy (non-hydrogen) atoms. The fourth-order valence-corrected chi connectivity index (χ4v) is 4.59. The van der Waals surface area contributed by atoms with Crippen molar-refractivity contribution in [1.29, 1.82) is 5.26 Å². The number of aliphatic imine (C=N–C) groups is 1. The minimum Gasteiger partial charge on any atom is -0.304 e. The summed E-state index contributed by atoms with van der Waals surface area (Å²) in [5, 5.41) is 14.4. The number of nitrogens with zero attached hydrogens (tertiary/aromatic N) is 5. The maximum atomic E-state index is 9.43. The van der Waals surface area contributed by atoms with Crippen molar-refractivity contribution in [2.45, 2.75) is 18.9 Å². The van der Waals surface area contributed by atoms with Crippen LogP contribution in [0, 0.1) is 18.3 Å². The highest BCUT2D eigenvalue weighted by molar-refractivity contribution is 7.10. The van der Waals surface area contributed by atoms with Gasteiger partial charge >= 0.3 is 0 Å². The number of nitriles is 1. The van der Waals surface area contributed by atoms with Gasteiger partial charge in [-0.1, -0.05) is 6.07 Å². The number of thiazole rings is 1. The molecule has 2 atom stereocenters. The van der Waals surface area contributed by atoms with E-state index in [1.807, 2.05) is 12.3 Å². The summed E-state index contributed by atoms with van der Waals surface area (Å²) in [5.41, 5.74) is 0.961. The van der Waals surface area contributed by atoms with Crippen LogP contribution in [0.4, 0.5) is 0 Å². The summed E-state index contributed by atoms with van der Waals surface area (Å²) < 4.78 is 0. The summed E-state index contributed by atoms with van der Waals surface area (Å²) in [6, 6.07) is 6.89. The quantitative estimate of drug-likeness (QED) is 0.730. The molecule has 0 aliphatic carbocycles. The maximum Gasteiger partial charge on any atom is 0.133 e. The third-order valence-electron chi connectivity index (χ3n) is 4.42. The highest BCUT2D eigenvalue weighted by Gasteiger charge is 2.24. The Morgan fingerprint density at radius 3 is 2.76 bits per heavy atom. The molecule has 0 bridgehead atoms. The summed E-state index contributed by atoms with van der Waals surface area (Å²) in [5.74, 6) is -0.352. The molecule has 0 unspecified atom stereocenters. The van der Waals surface area contributed by atoms with Gasteiger partial charge in [0.1, 0.15) is 10.9 Å². The molecule has 0 aromatic carbocycles. The predicted octanol–water partition coefficient (Wildman–Crippen LogP) is 3.18. The molecule has 0 saturated carbocycles. The van der Waals surface area contributed by atoms with Crippen LogP contribution >= 0.6 is 22.7 Å². The Kier molecular flexibility index (Phi) is 6.32. The lowest BCUT2D eigenvalue weighted by Gasteiger charge is -2.37. The van der Waals surface area contributed by atoms with Crippen molar-refractivity contribution in [2.24, 2.45) is 4.99 Å². The van der Waals surface area contributed by atoms with Gasteiger partial charge in [-0.15, -0.1) is 22.7 Å². The van der Waals surface area contributed by atoms with E-state index in [1.165, 1.54) is 16.2 Å². The molecule has 3 rings (SSSR count). The van der Waals surface area contributed by atoms with E-state index in [9.17, 15) is 5.26 Å². The number of hydrogen-bond donors (Lipinski definition) is 0. The van der Waals surface area contributed by atoms with Crippen LogP contribution in [-0.4, -0.2) is 60.8 Å². The molecule has 1 aliphatic heterocycles. The third-order valence-corrected chi connectivity index (χ3v) is 6.44. The van der Waals surface area contributed by atoms with Crippen molar-refractivity contribution in [3.05, 3.63) is 38.5 Å². The van der Waals surface area contributed by atoms with Gasteiger partial charge in [0.25, 0.3) is 0 Å². The number of hydrogen-bond acceptors (Lipinski definition) is 7. The lowest BCUT2D eigenvalue weighted by atomic mass is 10.1. The fraction of sp³-hybridized carbons (Fsp3) is 0.500. The zero-order valence-corrected chi connectivity index (χ0v) is 16.3. The summed E-state index contributed by atoms with van der Waals surface area (Å²) in [6.45, 7) is 6.93. The van der Waals surface area contributed by atoms with Crippen LogP contribution in [0.5, 0.6) is 0 Å². The molecule has 0 radical (unpaired) electrons. The molecule has 5 nitrogen and oxygen atoms in total. The van der Waals surface area contributed by atoms with Crippen LogP contribution in [0.1, 0.15) is 27.5 Å². The Labute approximate surface area is 157 Å². The number of piperazine rings is 1. The van der Waals surface area contributed by atoms with Crippen LogP contribution < -0.4 is 0 Å². The van der Waals surface area contributed by atoms with Gasteiger partial charge in [-0.2, -0.15) is 5.26 Å². The second-order valence-electron chi connectivity index (χ2n) is 6.32. The fourth-order valence-electron chi connectivity index (χ4n) is 2.93. The van der Waals surface area contributed by atoms with Crippen LogP contribution in [0.25, 0.3) is 0 Å². The molecule has 0 N–H and O–H groups in total. The molecule has 132 valence electrons. The van der Waals surface area contributed by atoms with E-state index in [0.717, 1.165) is 36.9 Å². The number of likely N-dealkylation sites (N-methyl/N-ethyl adjacent to an activating group) is 1. The first kappa shape index (κ1) is 18.2. The highest BCUT2D eigenvalue weighted by atomic mass is 32.1. The maximum absolute atomic E-state index is 9.43. The normalized spacial score (nSPS) is 19.1. The highest BCUT2D eigenvalue weighted by Crippen LogP contribution is 2.27. The lowest BCUT2D eigenvalue weighted by molar-refractivity contribution is 0.116. The second kappa shape index (κ2) is 8.68. The minimum atomic E-state index is -0.352. The summed E-state index contributed by atoms with van der Waals surface area (Å²) in [7, 11) is 2.17. The van der Waals surface area contributed by atoms with Crippen molar-refractivity contribution in [2.75, 3.05) is 39.8 Å². The first-order chi connectivity index (χ1) is 12.2. The van der Waals surface area contributed by atoms with Gasteiger partial charge < -0.3 is 4.90 Å². The van der Waals surface area contributed by atoms with E-state index in [2.05, 4.69) is 50.4 Å². The Bertz CT molecular complexity index is 723. The Balaban J connectivity index is 1.69. The zero-order chi connectivity index (χ0) is 17.6. The second-order valence-corrected chi connectivity index (χ2v) is 8.19. The number of aryl methyl sites for hydroxylation is 1. The molecular formula is C18H23N5S2. The molecule has 2 aromatic heterocycles.